The molecule has 1 amide bonds. The molecule has 3 aromatic heterocycles. The Kier molecular flexibility index (Phi) is 4.40. The second-order valence-electron chi connectivity index (χ2n) is 6.76. The first-order valence-electron chi connectivity index (χ1n) is 9.25. The van der Waals surface area contributed by atoms with E-state index in [-0.39, 0.29) is 12.0 Å². The van der Waals surface area contributed by atoms with E-state index in [1.54, 1.807) is 28.9 Å². The molecule has 9 heteroatoms. The summed E-state index contributed by atoms with van der Waals surface area (Å²) >= 11 is 6.00. The number of ether oxygens (including phenoxy) is 1. The van der Waals surface area contributed by atoms with Gasteiger partial charge >= 0.3 is 0 Å². The molecule has 0 saturated heterocycles. The Morgan fingerprint density at radius 3 is 3.14 bits per heavy atom. The fourth-order valence-electron chi connectivity index (χ4n) is 3.42. The number of rotatable bonds is 5. The molecule has 0 bridgehead atoms. The number of amides is 1. The minimum Gasteiger partial charge on any atom is -0.490 e. The number of pyridine rings is 1. The van der Waals surface area contributed by atoms with E-state index >= 15 is 0 Å². The van der Waals surface area contributed by atoms with Gasteiger partial charge in [0.15, 0.2) is 17.6 Å². The number of benzene rings is 1. The lowest BCUT2D eigenvalue weighted by Crippen LogP contribution is -2.26. The number of H-pyrrole nitrogens is 1. The average Bonchev–Trinajstić information content (AvgIpc) is 3.45. The van der Waals surface area contributed by atoms with Crippen LogP contribution in [0, 0.1) is 0 Å². The van der Waals surface area contributed by atoms with Gasteiger partial charge in [0.25, 0.3) is 5.91 Å². The summed E-state index contributed by atoms with van der Waals surface area (Å²) in [7, 11) is 0. The average molecular weight is 409 g/mol. The molecule has 29 heavy (non-hydrogen) atoms. The highest BCUT2D eigenvalue weighted by Crippen LogP contribution is 2.26. The van der Waals surface area contributed by atoms with E-state index in [1.165, 1.54) is 0 Å². The van der Waals surface area contributed by atoms with Gasteiger partial charge in [0.05, 0.1) is 22.9 Å². The number of aromatic amines is 1. The quantitative estimate of drug-likeness (QED) is 0.528. The number of carbonyl (C=O) groups excluding carboxylic acids is 1. The van der Waals surface area contributed by atoms with Crippen molar-refractivity contribution < 1.29 is 9.53 Å². The summed E-state index contributed by atoms with van der Waals surface area (Å²) in [6, 6.07) is 9.04. The number of nitrogens with one attached hydrogen (secondary N) is 2. The molecule has 4 heterocycles. The lowest BCUT2D eigenvalue weighted by Gasteiger charge is -2.09. The summed E-state index contributed by atoms with van der Waals surface area (Å²) in [6.45, 7) is 0.435. The maximum absolute atomic E-state index is 12.7. The van der Waals surface area contributed by atoms with Crippen molar-refractivity contribution in [3.8, 4) is 0 Å². The van der Waals surface area contributed by atoms with Gasteiger partial charge in [-0.05, 0) is 36.4 Å². The normalized spacial score (nSPS) is 15.8. The zero-order valence-corrected chi connectivity index (χ0v) is 16.1. The van der Waals surface area contributed by atoms with Crippen LogP contribution in [0.15, 0.2) is 48.9 Å². The van der Waals surface area contributed by atoms with E-state index in [4.69, 9.17) is 16.3 Å². The maximum Gasteiger partial charge on any atom is 0.255 e. The molecule has 2 N–H and O–H groups in total. The molecule has 0 radical (unpaired) electrons. The topological polar surface area (TPSA) is 97.2 Å². The number of fused-ring (bicyclic) bond motifs is 2. The third kappa shape index (κ3) is 3.31. The highest BCUT2D eigenvalue weighted by Gasteiger charge is 2.22. The molecule has 5 rings (SSSR count). The van der Waals surface area contributed by atoms with Crippen LogP contribution in [0.1, 0.15) is 34.5 Å². The number of aromatic nitrogens is 5. The molecule has 4 aromatic rings. The summed E-state index contributed by atoms with van der Waals surface area (Å²) in [5.74, 6) is 1.26. The van der Waals surface area contributed by atoms with Gasteiger partial charge in [-0.25, -0.2) is 4.98 Å². The van der Waals surface area contributed by atoms with Crippen molar-refractivity contribution in [2.75, 3.05) is 6.54 Å². The first-order chi connectivity index (χ1) is 14.2. The molecule has 146 valence electrons. The fourth-order valence-corrected chi connectivity index (χ4v) is 3.60. The van der Waals surface area contributed by atoms with Gasteiger partial charge in [0.2, 0.25) is 0 Å². The summed E-state index contributed by atoms with van der Waals surface area (Å²) in [4.78, 5) is 20.4. The van der Waals surface area contributed by atoms with E-state index in [0.717, 1.165) is 23.3 Å². The highest BCUT2D eigenvalue weighted by molar-refractivity contribution is 6.31. The molecule has 1 aliphatic rings. The zero-order chi connectivity index (χ0) is 19.8. The number of halogens is 1. The minimum atomic E-state index is -0.209. The lowest BCUT2D eigenvalue weighted by molar-refractivity contribution is 0.0955. The number of imidazole rings is 1. The Morgan fingerprint density at radius 2 is 2.28 bits per heavy atom. The van der Waals surface area contributed by atoms with Crippen LogP contribution in [-0.4, -0.2) is 37.0 Å². The standard InChI is InChI=1S/C20H17ClN6O2/c21-12-5-6-14-15(11-12)24-17(23-14)7-8-22-20(28)13-3-1-9-27-18(13)25-26-19(27)16-4-2-10-29-16/h1-3,5-6,9-11,16H,4,7-8H2,(H,22,28)(H,23,24). The van der Waals surface area contributed by atoms with Gasteiger partial charge in [0, 0.05) is 30.6 Å². The van der Waals surface area contributed by atoms with Crippen LogP contribution in [0.4, 0.5) is 0 Å². The molecule has 1 aromatic carbocycles. The molecule has 1 aliphatic heterocycles. The Labute approximate surface area is 170 Å². The van der Waals surface area contributed by atoms with Gasteiger partial charge in [-0.2, -0.15) is 0 Å². The van der Waals surface area contributed by atoms with Crippen LogP contribution < -0.4 is 5.32 Å². The van der Waals surface area contributed by atoms with Crippen molar-refractivity contribution in [2.45, 2.75) is 18.9 Å². The summed E-state index contributed by atoms with van der Waals surface area (Å²) in [5, 5.41) is 12.0. The summed E-state index contributed by atoms with van der Waals surface area (Å²) in [6.07, 6.45) is 6.57. The van der Waals surface area contributed by atoms with Crippen LogP contribution in [0.3, 0.4) is 0 Å². The Balaban J connectivity index is 1.29. The maximum atomic E-state index is 12.7. The Bertz CT molecular complexity index is 1240. The number of nitrogens with zero attached hydrogens (tertiary/aromatic N) is 4. The van der Waals surface area contributed by atoms with Gasteiger partial charge < -0.3 is 15.0 Å². The lowest BCUT2D eigenvalue weighted by atomic mass is 10.2. The monoisotopic (exact) mass is 408 g/mol. The van der Waals surface area contributed by atoms with Gasteiger partial charge in [0.1, 0.15) is 5.82 Å². The second-order valence-corrected chi connectivity index (χ2v) is 7.19. The molecule has 0 aliphatic carbocycles. The van der Waals surface area contributed by atoms with Gasteiger partial charge in [-0.1, -0.05) is 11.6 Å². The molecule has 1 atom stereocenters. The van der Waals surface area contributed by atoms with Crippen molar-refractivity contribution in [1.82, 2.24) is 29.9 Å². The molecular weight excluding hydrogens is 392 g/mol. The number of carbonyl (C=O) groups is 1. The Morgan fingerprint density at radius 1 is 1.34 bits per heavy atom. The summed E-state index contributed by atoms with van der Waals surface area (Å²) < 4.78 is 7.33. The largest absolute Gasteiger partial charge is 0.490 e. The van der Waals surface area contributed by atoms with Crippen molar-refractivity contribution in [2.24, 2.45) is 0 Å². The van der Waals surface area contributed by atoms with Crippen molar-refractivity contribution in [3.63, 3.8) is 0 Å². The van der Waals surface area contributed by atoms with Crippen LogP contribution in [0.25, 0.3) is 16.7 Å². The second kappa shape index (κ2) is 7.21. The predicted octanol–water partition coefficient (Wildman–Crippen LogP) is 3.21. The van der Waals surface area contributed by atoms with Crippen molar-refractivity contribution in [1.29, 1.82) is 0 Å². The summed E-state index contributed by atoms with van der Waals surface area (Å²) in [5.41, 5.74) is 2.70. The minimum absolute atomic E-state index is 0.176. The van der Waals surface area contributed by atoms with Gasteiger partial charge in [-0.3, -0.25) is 9.20 Å². The predicted molar refractivity (Wildman–Crippen MR) is 108 cm³/mol. The number of hydrogen-bond donors (Lipinski definition) is 2. The van der Waals surface area contributed by atoms with Crippen molar-refractivity contribution in [3.05, 3.63) is 71.1 Å². The molecule has 0 saturated carbocycles. The fraction of sp³-hybridized carbons (Fsp3) is 0.200. The first-order valence-corrected chi connectivity index (χ1v) is 9.63. The smallest absolute Gasteiger partial charge is 0.255 e. The van der Waals surface area contributed by atoms with Crippen LogP contribution in [-0.2, 0) is 11.2 Å². The van der Waals surface area contributed by atoms with E-state index in [9.17, 15) is 4.79 Å². The van der Waals surface area contributed by atoms with Crippen molar-refractivity contribution >= 4 is 34.2 Å². The Hall–Kier alpha value is -3.39. The van der Waals surface area contributed by atoms with Crippen LogP contribution in [0.5, 0.6) is 0 Å². The van der Waals surface area contributed by atoms with E-state index in [0.29, 0.717) is 35.0 Å². The third-order valence-electron chi connectivity index (χ3n) is 4.82. The molecular formula is C20H17ClN6O2. The van der Waals surface area contributed by atoms with Crippen LogP contribution in [0.2, 0.25) is 5.02 Å². The number of hydrogen-bond acceptors (Lipinski definition) is 5. The molecule has 1 unspecified atom stereocenters. The first kappa shape index (κ1) is 17.7. The van der Waals surface area contributed by atoms with Gasteiger partial charge in [-0.15, -0.1) is 10.2 Å². The molecule has 8 nitrogen and oxygen atoms in total. The molecule has 0 fully saturated rings. The SMILES string of the molecule is O=C(NCCc1nc2ccc(Cl)cc2[nH]1)c1cccn2c(C3CC=CO3)nnc12. The molecule has 0 spiro atoms. The van der Waals surface area contributed by atoms with E-state index in [2.05, 4.69) is 25.5 Å². The highest BCUT2D eigenvalue weighted by atomic mass is 35.5. The van der Waals surface area contributed by atoms with E-state index in [1.807, 2.05) is 24.4 Å². The van der Waals surface area contributed by atoms with E-state index < -0.39 is 0 Å². The third-order valence-corrected chi connectivity index (χ3v) is 5.06. The van der Waals surface area contributed by atoms with Crippen LogP contribution >= 0.6 is 11.6 Å². The zero-order valence-electron chi connectivity index (χ0n) is 15.3.